The number of carbonyl (C=O) groups excluding carboxylic acids is 2. The van der Waals surface area contributed by atoms with Gasteiger partial charge in [0.25, 0.3) is 5.91 Å². The van der Waals surface area contributed by atoms with Gasteiger partial charge in [0.1, 0.15) is 0 Å². The molecule has 0 bridgehead atoms. The number of benzene rings is 2. The molecule has 0 radical (unpaired) electrons. The molecule has 2 rings (SSSR count). The van der Waals surface area contributed by atoms with Gasteiger partial charge in [-0.3, -0.25) is 9.59 Å². The van der Waals surface area contributed by atoms with Crippen molar-refractivity contribution in [2.45, 2.75) is 18.7 Å². The summed E-state index contributed by atoms with van der Waals surface area (Å²) in [6.07, 6.45) is 0. The van der Waals surface area contributed by atoms with Gasteiger partial charge in [0.15, 0.2) is 0 Å². The molecule has 0 spiro atoms. The number of hydrogen-bond donors (Lipinski definition) is 3. The van der Waals surface area contributed by atoms with Crippen LogP contribution in [0.2, 0.25) is 5.02 Å². The van der Waals surface area contributed by atoms with Gasteiger partial charge in [-0.05, 0) is 48.5 Å². The van der Waals surface area contributed by atoms with Gasteiger partial charge in [-0.2, -0.15) is 0 Å². The third-order valence-electron chi connectivity index (χ3n) is 3.77. The fraction of sp³-hybridized carbons (Fsp3) is 0.263. The first-order valence-electron chi connectivity index (χ1n) is 8.63. The number of nitrogens with one attached hydrogen (secondary N) is 3. The maximum atomic E-state index is 12.1. The second-order valence-corrected chi connectivity index (χ2v) is 8.53. The smallest absolute Gasteiger partial charge is 0.251 e. The largest absolute Gasteiger partial charge is 0.351 e. The van der Waals surface area contributed by atoms with Crippen LogP contribution in [-0.2, 0) is 14.8 Å². The zero-order valence-corrected chi connectivity index (χ0v) is 17.1. The van der Waals surface area contributed by atoms with E-state index < -0.39 is 10.0 Å². The Labute approximate surface area is 169 Å². The van der Waals surface area contributed by atoms with Gasteiger partial charge in [-0.15, -0.1) is 0 Å². The molecule has 0 aliphatic heterocycles. The molecule has 2 aromatic rings. The Bertz CT molecular complexity index is 927. The van der Waals surface area contributed by atoms with Crippen LogP contribution in [0.15, 0.2) is 53.4 Å². The van der Waals surface area contributed by atoms with Crippen LogP contribution < -0.4 is 15.4 Å². The number of halogens is 1. The van der Waals surface area contributed by atoms with Gasteiger partial charge in [0.05, 0.1) is 4.90 Å². The normalized spacial score (nSPS) is 11.3. The molecule has 150 valence electrons. The van der Waals surface area contributed by atoms with E-state index in [0.29, 0.717) is 16.3 Å². The first kappa shape index (κ1) is 21.9. The summed E-state index contributed by atoms with van der Waals surface area (Å²) in [4.78, 5) is 23.9. The Morgan fingerprint density at radius 3 is 2.14 bits per heavy atom. The van der Waals surface area contributed by atoms with Crippen LogP contribution in [-0.4, -0.2) is 33.3 Å². The van der Waals surface area contributed by atoms with Crippen LogP contribution in [0.25, 0.3) is 0 Å². The first-order chi connectivity index (χ1) is 13.2. The van der Waals surface area contributed by atoms with Crippen LogP contribution in [0.3, 0.4) is 0 Å². The number of amides is 2. The van der Waals surface area contributed by atoms with Crippen molar-refractivity contribution >= 4 is 39.1 Å². The predicted molar refractivity (Wildman–Crippen MR) is 109 cm³/mol. The molecule has 2 amide bonds. The van der Waals surface area contributed by atoms with Gasteiger partial charge in [-0.1, -0.05) is 25.4 Å². The van der Waals surface area contributed by atoms with Crippen molar-refractivity contribution in [1.29, 1.82) is 0 Å². The van der Waals surface area contributed by atoms with E-state index in [1.54, 1.807) is 38.1 Å². The highest BCUT2D eigenvalue weighted by Crippen LogP contribution is 2.14. The highest BCUT2D eigenvalue weighted by Gasteiger charge is 2.13. The van der Waals surface area contributed by atoms with Crippen LogP contribution >= 0.6 is 11.6 Å². The molecule has 0 aromatic heterocycles. The molecule has 0 aliphatic rings. The Hall–Kier alpha value is -2.42. The molecule has 0 fully saturated rings. The minimum Gasteiger partial charge on any atom is -0.351 e. The van der Waals surface area contributed by atoms with Crippen LogP contribution in [0.4, 0.5) is 5.69 Å². The Kier molecular flexibility index (Phi) is 7.56. The second-order valence-electron chi connectivity index (χ2n) is 6.33. The molecule has 7 nitrogen and oxygen atoms in total. The zero-order valence-electron chi connectivity index (χ0n) is 15.5. The summed E-state index contributed by atoms with van der Waals surface area (Å²) in [6.45, 7) is 3.74. The molecular weight excluding hydrogens is 402 g/mol. The lowest BCUT2D eigenvalue weighted by atomic mass is 10.1. The van der Waals surface area contributed by atoms with Gasteiger partial charge >= 0.3 is 0 Å². The Balaban J connectivity index is 1.82. The summed E-state index contributed by atoms with van der Waals surface area (Å²) in [5, 5.41) is 5.82. The van der Waals surface area contributed by atoms with Crippen LogP contribution in [0.1, 0.15) is 24.2 Å². The van der Waals surface area contributed by atoms with Crippen molar-refractivity contribution in [3.63, 3.8) is 0 Å². The average Bonchev–Trinajstić information content (AvgIpc) is 2.66. The monoisotopic (exact) mass is 423 g/mol. The van der Waals surface area contributed by atoms with Gasteiger partial charge in [0, 0.05) is 35.3 Å². The second kappa shape index (κ2) is 9.68. The highest BCUT2D eigenvalue weighted by atomic mass is 35.5. The fourth-order valence-electron chi connectivity index (χ4n) is 2.15. The topological polar surface area (TPSA) is 104 Å². The number of hydrogen-bond acceptors (Lipinski definition) is 4. The van der Waals surface area contributed by atoms with Crippen molar-refractivity contribution in [2.24, 2.45) is 5.92 Å². The molecule has 0 heterocycles. The summed E-state index contributed by atoms with van der Waals surface area (Å²) < 4.78 is 26.7. The molecule has 3 N–H and O–H groups in total. The van der Waals surface area contributed by atoms with Crippen LogP contribution in [0, 0.1) is 5.92 Å². The molecule has 28 heavy (non-hydrogen) atoms. The fourth-order valence-corrected chi connectivity index (χ4v) is 3.31. The van der Waals surface area contributed by atoms with Crippen molar-refractivity contribution in [3.05, 3.63) is 59.1 Å². The van der Waals surface area contributed by atoms with E-state index in [4.69, 9.17) is 11.6 Å². The summed E-state index contributed by atoms with van der Waals surface area (Å²) in [7, 11) is -3.66. The lowest BCUT2D eigenvalue weighted by molar-refractivity contribution is -0.118. The average molecular weight is 424 g/mol. The molecule has 0 aliphatic carbocycles. The first-order valence-corrected chi connectivity index (χ1v) is 10.5. The van der Waals surface area contributed by atoms with Gasteiger partial charge in [0.2, 0.25) is 15.9 Å². The third-order valence-corrected chi connectivity index (χ3v) is 5.49. The van der Waals surface area contributed by atoms with E-state index >= 15 is 0 Å². The maximum Gasteiger partial charge on any atom is 0.251 e. The van der Waals surface area contributed by atoms with E-state index in [0.717, 1.165) is 0 Å². The summed E-state index contributed by atoms with van der Waals surface area (Å²) in [5.41, 5.74) is 1.01. The number of carbonyl (C=O) groups is 2. The number of sulfonamides is 1. The Morgan fingerprint density at radius 2 is 1.57 bits per heavy atom. The molecule has 0 saturated carbocycles. The standard InChI is InChI=1S/C19H22ClN3O4S/c1-13(2)18(24)23-16-7-3-14(4-8-16)19(25)21-11-12-22-28(26,27)17-9-5-15(20)6-10-17/h3-10,13,22H,11-12H2,1-2H3,(H,21,25)(H,23,24). The highest BCUT2D eigenvalue weighted by molar-refractivity contribution is 7.89. The van der Waals surface area contributed by atoms with Gasteiger partial charge in [-0.25, -0.2) is 13.1 Å². The quantitative estimate of drug-likeness (QED) is 0.567. The summed E-state index contributed by atoms with van der Waals surface area (Å²) in [5.74, 6) is -0.586. The maximum absolute atomic E-state index is 12.1. The zero-order chi connectivity index (χ0) is 20.7. The van der Waals surface area contributed by atoms with Crippen LogP contribution in [0.5, 0.6) is 0 Å². The van der Waals surface area contributed by atoms with E-state index in [-0.39, 0.29) is 35.7 Å². The lowest BCUT2D eigenvalue weighted by Crippen LogP contribution is -2.34. The minimum atomic E-state index is -3.66. The molecule has 2 aromatic carbocycles. The van der Waals surface area contributed by atoms with Crippen molar-refractivity contribution in [1.82, 2.24) is 10.0 Å². The molecule has 0 atom stereocenters. The van der Waals surface area contributed by atoms with Gasteiger partial charge < -0.3 is 10.6 Å². The van der Waals surface area contributed by atoms with E-state index in [1.807, 2.05) is 0 Å². The Morgan fingerprint density at radius 1 is 0.964 bits per heavy atom. The molecule has 0 unspecified atom stereocenters. The molecular formula is C19H22ClN3O4S. The lowest BCUT2D eigenvalue weighted by Gasteiger charge is -2.10. The number of rotatable bonds is 8. The minimum absolute atomic E-state index is 0.0409. The number of anilines is 1. The summed E-state index contributed by atoms with van der Waals surface area (Å²) in [6, 6.07) is 12.2. The molecule has 9 heteroatoms. The predicted octanol–water partition coefficient (Wildman–Crippen LogP) is 2.64. The van der Waals surface area contributed by atoms with Crippen molar-refractivity contribution < 1.29 is 18.0 Å². The van der Waals surface area contributed by atoms with E-state index in [1.165, 1.54) is 24.3 Å². The third kappa shape index (κ3) is 6.33. The van der Waals surface area contributed by atoms with Crippen molar-refractivity contribution in [3.8, 4) is 0 Å². The SMILES string of the molecule is CC(C)C(=O)Nc1ccc(C(=O)NCCNS(=O)(=O)c2ccc(Cl)cc2)cc1. The summed E-state index contributed by atoms with van der Waals surface area (Å²) >= 11 is 5.75. The van der Waals surface area contributed by atoms with Crippen molar-refractivity contribution in [2.75, 3.05) is 18.4 Å². The van der Waals surface area contributed by atoms with E-state index in [9.17, 15) is 18.0 Å². The molecule has 0 saturated heterocycles. The van der Waals surface area contributed by atoms with E-state index in [2.05, 4.69) is 15.4 Å².